The van der Waals surface area contributed by atoms with E-state index in [1.165, 1.54) is 244 Å². The first-order chi connectivity index (χ1) is 32.8. The van der Waals surface area contributed by atoms with Crippen molar-refractivity contribution in [1.29, 1.82) is 0 Å². The molecule has 6 N–H and O–H groups in total. The van der Waals surface area contributed by atoms with Crippen molar-refractivity contribution in [2.24, 2.45) is 0 Å². The van der Waals surface area contributed by atoms with E-state index < -0.39 is 49.5 Å². The highest BCUT2D eigenvalue weighted by molar-refractivity contribution is 5.76. The zero-order valence-corrected chi connectivity index (χ0v) is 44.4. The predicted molar refractivity (Wildman–Crippen MR) is 281 cm³/mol. The van der Waals surface area contributed by atoms with Crippen molar-refractivity contribution in [2.75, 3.05) is 13.2 Å². The molecule has 0 aromatic rings. The van der Waals surface area contributed by atoms with Crippen molar-refractivity contribution in [3.8, 4) is 0 Å². The van der Waals surface area contributed by atoms with Gasteiger partial charge in [0.15, 0.2) is 6.29 Å². The average molecular weight is 955 g/mol. The lowest BCUT2D eigenvalue weighted by atomic mass is 9.99. The first-order valence-corrected chi connectivity index (χ1v) is 29.7. The molecule has 400 valence electrons. The maximum absolute atomic E-state index is 13.0. The van der Waals surface area contributed by atoms with Gasteiger partial charge in [0.25, 0.3) is 0 Å². The van der Waals surface area contributed by atoms with Crippen LogP contribution in [0, 0.1) is 0 Å². The molecule has 0 radical (unpaired) electrons. The van der Waals surface area contributed by atoms with Gasteiger partial charge < -0.3 is 40.3 Å². The van der Waals surface area contributed by atoms with Gasteiger partial charge in [-0.2, -0.15) is 0 Å². The highest BCUT2D eigenvalue weighted by atomic mass is 16.7. The molecule has 7 atom stereocenters. The van der Waals surface area contributed by atoms with Crippen molar-refractivity contribution >= 4 is 5.91 Å². The third-order valence-corrected chi connectivity index (χ3v) is 14.7. The van der Waals surface area contributed by atoms with Crippen LogP contribution in [0.15, 0.2) is 0 Å². The Bertz CT molecular complexity index is 1020. The molecule has 0 saturated carbocycles. The largest absolute Gasteiger partial charge is 0.394 e. The Morgan fingerprint density at radius 3 is 1.06 bits per heavy atom. The van der Waals surface area contributed by atoms with Crippen LogP contribution in [0.2, 0.25) is 0 Å². The highest BCUT2D eigenvalue weighted by Gasteiger charge is 2.44. The third-order valence-electron chi connectivity index (χ3n) is 14.7. The number of ether oxygens (including phenoxy) is 2. The van der Waals surface area contributed by atoms with E-state index in [4.69, 9.17) is 9.47 Å². The number of hydrogen-bond donors (Lipinski definition) is 6. The van der Waals surface area contributed by atoms with Gasteiger partial charge in [-0.1, -0.05) is 290 Å². The Morgan fingerprint density at radius 1 is 0.448 bits per heavy atom. The van der Waals surface area contributed by atoms with E-state index in [1.807, 2.05) is 0 Å². The minimum Gasteiger partial charge on any atom is -0.394 e. The van der Waals surface area contributed by atoms with Crippen LogP contribution in [0.1, 0.15) is 309 Å². The molecule has 0 spiro atoms. The summed E-state index contributed by atoms with van der Waals surface area (Å²) in [7, 11) is 0. The second kappa shape index (κ2) is 48.8. The lowest BCUT2D eigenvalue weighted by molar-refractivity contribution is -0.302. The molecule has 0 aromatic heterocycles. The molecule has 9 nitrogen and oxygen atoms in total. The Balaban J connectivity index is 1.99. The van der Waals surface area contributed by atoms with Gasteiger partial charge in [0.05, 0.1) is 25.4 Å². The quantitative estimate of drug-likeness (QED) is 0.0330. The van der Waals surface area contributed by atoms with Crippen LogP contribution in [-0.2, 0) is 14.3 Å². The maximum Gasteiger partial charge on any atom is 0.220 e. The fraction of sp³-hybridized carbons (Fsp3) is 0.983. The zero-order valence-electron chi connectivity index (χ0n) is 44.4. The average Bonchev–Trinajstić information content (AvgIpc) is 3.33. The molecular formula is C58H115NO8. The lowest BCUT2D eigenvalue weighted by Gasteiger charge is -2.40. The van der Waals surface area contributed by atoms with E-state index in [9.17, 15) is 30.3 Å². The van der Waals surface area contributed by atoms with Crippen LogP contribution in [0.4, 0.5) is 0 Å². The molecular weight excluding hydrogens is 839 g/mol. The van der Waals surface area contributed by atoms with Gasteiger partial charge in [-0.25, -0.2) is 0 Å². The van der Waals surface area contributed by atoms with Crippen molar-refractivity contribution < 1.29 is 39.8 Å². The third kappa shape index (κ3) is 38.5. The molecule has 9 heteroatoms. The number of aliphatic hydroxyl groups excluding tert-OH is 5. The topological polar surface area (TPSA) is 149 Å². The van der Waals surface area contributed by atoms with Gasteiger partial charge in [0.1, 0.15) is 24.4 Å². The fourth-order valence-electron chi connectivity index (χ4n) is 9.99. The first-order valence-electron chi connectivity index (χ1n) is 29.7. The van der Waals surface area contributed by atoms with Crippen LogP contribution in [-0.4, -0.2) is 87.5 Å². The molecule has 0 aromatic carbocycles. The molecule has 1 aliphatic rings. The molecule has 0 bridgehead atoms. The van der Waals surface area contributed by atoms with Crippen LogP contribution in [0.3, 0.4) is 0 Å². The van der Waals surface area contributed by atoms with Gasteiger partial charge in [-0.05, 0) is 12.8 Å². The number of carbonyl (C=O) groups excluding carboxylic acids is 1. The second-order valence-corrected chi connectivity index (χ2v) is 21.2. The fourth-order valence-corrected chi connectivity index (χ4v) is 9.99. The van der Waals surface area contributed by atoms with Gasteiger partial charge >= 0.3 is 0 Å². The lowest BCUT2D eigenvalue weighted by Crippen LogP contribution is -2.60. The summed E-state index contributed by atoms with van der Waals surface area (Å²) in [5, 5.41) is 54.4. The first kappa shape index (κ1) is 64.2. The summed E-state index contributed by atoms with van der Waals surface area (Å²) in [5.41, 5.74) is 0. The van der Waals surface area contributed by atoms with Crippen LogP contribution < -0.4 is 5.32 Å². The van der Waals surface area contributed by atoms with Crippen molar-refractivity contribution in [3.63, 3.8) is 0 Å². The monoisotopic (exact) mass is 954 g/mol. The van der Waals surface area contributed by atoms with Crippen molar-refractivity contribution in [3.05, 3.63) is 0 Å². The smallest absolute Gasteiger partial charge is 0.220 e. The van der Waals surface area contributed by atoms with Crippen LogP contribution in [0.25, 0.3) is 0 Å². The highest BCUT2D eigenvalue weighted by Crippen LogP contribution is 2.23. The minimum atomic E-state index is -1.55. The molecule has 1 amide bonds. The molecule has 1 aliphatic heterocycles. The molecule has 1 heterocycles. The molecule has 1 fully saturated rings. The second-order valence-electron chi connectivity index (χ2n) is 21.2. The number of rotatable bonds is 52. The normalized spacial score (nSPS) is 19.5. The summed E-state index contributed by atoms with van der Waals surface area (Å²) in [6.45, 7) is 3.84. The Kier molecular flexibility index (Phi) is 46.8. The van der Waals surface area contributed by atoms with E-state index in [-0.39, 0.29) is 12.5 Å². The van der Waals surface area contributed by atoms with Crippen molar-refractivity contribution in [1.82, 2.24) is 5.32 Å². The van der Waals surface area contributed by atoms with Gasteiger partial charge in [-0.15, -0.1) is 0 Å². The standard InChI is InChI=1S/C58H115NO8/c1-3-5-7-9-11-13-14-15-16-17-18-19-20-21-22-23-24-25-26-27-28-29-30-31-32-33-34-35-36-37-38-40-42-44-46-48-54(62)59-51(52(61)47-45-43-41-39-12-10-8-6-4-2)50-66-58-57(65)56(64)55(63)53(49-60)67-58/h51-53,55-58,60-61,63-65H,3-50H2,1-2H3,(H,59,62)/t51-,52+,53+,55-,56?,57?,58+/m0/s1. The summed E-state index contributed by atoms with van der Waals surface area (Å²) in [4.78, 5) is 13.0. The number of nitrogens with one attached hydrogen (secondary N) is 1. The number of hydrogen-bond acceptors (Lipinski definition) is 8. The Labute approximate surface area is 414 Å². The van der Waals surface area contributed by atoms with E-state index in [0.29, 0.717) is 12.8 Å². The number of aliphatic hydroxyl groups is 5. The Morgan fingerprint density at radius 2 is 0.746 bits per heavy atom. The van der Waals surface area contributed by atoms with Crippen molar-refractivity contribution in [2.45, 2.75) is 352 Å². The van der Waals surface area contributed by atoms with E-state index >= 15 is 0 Å². The van der Waals surface area contributed by atoms with E-state index in [1.54, 1.807) is 0 Å². The van der Waals surface area contributed by atoms with Gasteiger partial charge in [0.2, 0.25) is 5.91 Å². The van der Waals surface area contributed by atoms with E-state index in [0.717, 1.165) is 38.5 Å². The summed E-state index contributed by atoms with van der Waals surface area (Å²) in [5.74, 6) is -0.139. The molecule has 67 heavy (non-hydrogen) atoms. The number of unbranched alkanes of at least 4 members (excludes halogenated alkanes) is 42. The predicted octanol–water partition coefficient (Wildman–Crippen LogP) is 14.6. The van der Waals surface area contributed by atoms with Gasteiger partial charge in [-0.3, -0.25) is 4.79 Å². The molecule has 1 saturated heterocycles. The SMILES string of the molecule is CCCCCCCCCCCCCCCCCCCCCCCCCCCCCCCCCCCCCC(=O)N[C@@H](CO[C@@H]1O[C@H](CO)[C@H](O)C(O)C1O)[C@H](O)CCCCCCCCCCC. The molecule has 2 unspecified atom stereocenters. The summed E-state index contributed by atoms with van der Waals surface area (Å²) in [6, 6.07) is -0.711. The van der Waals surface area contributed by atoms with Crippen LogP contribution >= 0.6 is 0 Å². The maximum atomic E-state index is 13.0. The number of amides is 1. The summed E-state index contributed by atoms with van der Waals surface area (Å²) < 4.78 is 11.3. The molecule has 0 aliphatic carbocycles. The molecule has 1 rings (SSSR count). The number of carbonyl (C=O) groups is 1. The summed E-state index contributed by atoms with van der Waals surface area (Å²) in [6.07, 6.45) is 51.9. The Hall–Kier alpha value is -0.810. The zero-order chi connectivity index (χ0) is 48.7. The summed E-state index contributed by atoms with van der Waals surface area (Å²) >= 11 is 0. The van der Waals surface area contributed by atoms with Gasteiger partial charge in [0, 0.05) is 6.42 Å². The van der Waals surface area contributed by atoms with Crippen LogP contribution in [0.5, 0.6) is 0 Å². The van der Waals surface area contributed by atoms with E-state index in [2.05, 4.69) is 19.2 Å². The minimum absolute atomic E-state index is 0.132.